The van der Waals surface area contributed by atoms with Gasteiger partial charge in [-0.25, -0.2) is 0 Å². The normalized spacial score (nSPS) is 16.3. The zero-order valence-electron chi connectivity index (χ0n) is 27.9. The molecule has 4 aromatic rings. The molecule has 0 spiro atoms. The fourth-order valence-electron chi connectivity index (χ4n) is 6.57. The van der Waals surface area contributed by atoms with Crippen molar-refractivity contribution < 1.29 is 28.4 Å². The second-order valence-corrected chi connectivity index (χ2v) is 12.2. The number of fused-ring (bicyclic) bond motifs is 2. The number of benzene rings is 4. The topological polar surface area (TPSA) is 61.9 Å². The molecule has 6 rings (SSSR count). The molecule has 0 aromatic heterocycles. The maximum atomic E-state index is 6.81. The number of methoxy groups -OCH3 is 4. The van der Waals surface area contributed by atoms with Gasteiger partial charge < -0.3 is 33.3 Å². The lowest BCUT2D eigenvalue weighted by atomic mass is 9.88. The van der Waals surface area contributed by atoms with Crippen molar-refractivity contribution in [3.05, 3.63) is 94.0 Å². The van der Waals surface area contributed by atoms with E-state index in [4.69, 9.17) is 28.4 Å². The molecular formula is C38H44N2O6. The van der Waals surface area contributed by atoms with Crippen LogP contribution in [0.4, 0.5) is 0 Å². The quantitative estimate of drug-likeness (QED) is 0.181. The van der Waals surface area contributed by atoms with E-state index < -0.39 is 0 Å². The highest BCUT2D eigenvalue weighted by Crippen LogP contribution is 2.48. The van der Waals surface area contributed by atoms with E-state index in [1.54, 1.807) is 28.4 Å². The van der Waals surface area contributed by atoms with Crippen LogP contribution >= 0.6 is 0 Å². The molecule has 0 amide bonds. The number of likely N-dealkylation sites (N-methyl/N-ethyl adjacent to an activating group) is 2. The van der Waals surface area contributed by atoms with E-state index in [-0.39, 0.29) is 6.04 Å². The third-order valence-electron chi connectivity index (χ3n) is 9.17. The first-order chi connectivity index (χ1) is 22.3. The van der Waals surface area contributed by atoms with Gasteiger partial charge in [-0.3, -0.25) is 4.90 Å². The molecule has 0 bridgehead atoms. The molecule has 2 aliphatic rings. The molecule has 46 heavy (non-hydrogen) atoms. The number of aryl methyl sites for hydroxylation is 1. The highest BCUT2D eigenvalue weighted by molar-refractivity contribution is 5.62. The molecule has 0 saturated carbocycles. The number of ether oxygens (including phenoxy) is 6. The van der Waals surface area contributed by atoms with E-state index in [1.807, 2.05) is 37.3 Å². The van der Waals surface area contributed by atoms with E-state index in [2.05, 4.69) is 54.2 Å². The lowest BCUT2D eigenvalue weighted by Crippen LogP contribution is -2.33. The average molecular weight is 625 g/mol. The van der Waals surface area contributed by atoms with Gasteiger partial charge in [0, 0.05) is 31.2 Å². The maximum Gasteiger partial charge on any atom is 0.204 e. The van der Waals surface area contributed by atoms with Gasteiger partial charge in [-0.1, -0.05) is 18.2 Å². The molecule has 0 aliphatic carbocycles. The predicted octanol–water partition coefficient (Wildman–Crippen LogP) is 7.37. The van der Waals surface area contributed by atoms with E-state index >= 15 is 0 Å². The van der Waals surface area contributed by atoms with Gasteiger partial charge in [-0.05, 0) is 111 Å². The van der Waals surface area contributed by atoms with Crippen LogP contribution in [0.3, 0.4) is 0 Å². The lowest BCUT2D eigenvalue weighted by Gasteiger charge is -2.35. The van der Waals surface area contributed by atoms with Crippen LogP contribution in [-0.2, 0) is 25.8 Å². The fourth-order valence-corrected chi connectivity index (χ4v) is 6.57. The molecule has 4 aromatic carbocycles. The first kappa shape index (κ1) is 31.6. The Balaban J connectivity index is 1.31. The molecule has 0 saturated heterocycles. The Labute approximate surface area is 272 Å². The molecule has 0 radical (unpaired) electrons. The minimum absolute atomic E-state index is 0.160. The summed E-state index contributed by atoms with van der Waals surface area (Å²) in [6.07, 6.45) is 2.69. The number of hydrogen-bond donors (Lipinski definition) is 0. The summed E-state index contributed by atoms with van der Waals surface area (Å²) < 4.78 is 36.0. The summed E-state index contributed by atoms with van der Waals surface area (Å²) in [7, 11) is 11.0. The van der Waals surface area contributed by atoms with Crippen LogP contribution in [0.1, 0.15) is 39.4 Å². The molecule has 0 N–H and O–H groups in total. The molecule has 242 valence electrons. The molecule has 8 nitrogen and oxygen atoms in total. The number of rotatable bonds is 10. The van der Waals surface area contributed by atoms with Crippen molar-refractivity contribution in [2.75, 3.05) is 55.6 Å². The summed E-state index contributed by atoms with van der Waals surface area (Å²) >= 11 is 0. The second-order valence-electron chi connectivity index (χ2n) is 12.2. The Kier molecular flexibility index (Phi) is 9.29. The molecule has 0 fully saturated rings. The first-order valence-corrected chi connectivity index (χ1v) is 15.8. The van der Waals surface area contributed by atoms with Crippen molar-refractivity contribution in [3.63, 3.8) is 0 Å². The van der Waals surface area contributed by atoms with Gasteiger partial charge in [0.15, 0.2) is 34.5 Å². The zero-order chi connectivity index (χ0) is 32.4. The lowest BCUT2D eigenvalue weighted by molar-refractivity contribution is 0.228. The zero-order valence-corrected chi connectivity index (χ0v) is 27.9. The molecule has 1 atom stereocenters. The van der Waals surface area contributed by atoms with Crippen molar-refractivity contribution >= 4 is 0 Å². The highest BCUT2D eigenvalue weighted by atomic mass is 16.5. The number of nitrogens with zero attached hydrogens (tertiary/aromatic N) is 2. The Morgan fingerprint density at radius 2 is 1.35 bits per heavy atom. The Bertz CT molecular complexity index is 1700. The minimum Gasteiger partial charge on any atom is -0.493 e. The molecule has 2 aliphatic heterocycles. The first-order valence-electron chi connectivity index (χ1n) is 15.8. The van der Waals surface area contributed by atoms with Crippen LogP contribution in [0.5, 0.6) is 46.0 Å². The summed E-state index contributed by atoms with van der Waals surface area (Å²) in [6, 6.07) is 20.8. The van der Waals surface area contributed by atoms with Crippen molar-refractivity contribution in [2.24, 2.45) is 0 Å². The van der Waals surface area contributed by atoms with Crippen molar-refractivity contribution in [1.82, 2.24) is 9.80 Å². The third-order valence-corrected chi connectivity index (χ3v) is 9.17. The SMILES string of the molecule is COc1ccc(C)cc1Oc1ccc(CC2c3cc(Oc4c5c(cc(OC)c4OC)CCN(C)C5)c(OC)cc3CCN2C)cc1. The Morgan fingerprint density at radius 3 is 2.07 bits per heavy atom. The molecule has 1 unspecified atom stereocenters. The fraction of sp³-hybridized carbons (Fsp3) is 0.368. The van der Waals surface area contributed by atoms with Crippen LogP contribution in [0.15, 0.2) is 60.7 Å². The maximum absolute atomic E-state index is 6.81. The standard InChI is InChI=1S/C38H44N2O6/c1-24-8-13-32(41-4)34(18-24)45-28-11-9-25(10-12-28)19-31-29-22-35(33(42-5)20-26(29)15-17-40(31)3)46-37-30-23-39(2)16-14-27(30)21-36(43-6)38(37)44-7/h8-13,18,20-22,31H,14-17,19,23H2,1-7H3. The summed E-state index contributed by atoms with van der Waals surface area (Å²) in [5.74, 6) is 5.51. The number of hydrogen-bond acceptors (Lipinski definition) is 8. The third kappa shape index (κ3) is 6.32. The summed E-state index contributed by atoms with van der Waals surface area (Å²) in [4.78, 5) is 4.72. The van der Waals surface area contributed by atoms with E-state index in [0.29, 0.717) is 40.2 Å². The summed E-state index contributed by atoms with van der Waals surface area (Å²) in [5, 5.41) is 0. The minimum atomic E-state index is 0.160. The van der Waals surface area contributed by atoms with Gasteiger partial charge >= 0.3 is 0 Å². The van der Waals surface area contributed by atoms with Gasteiger partial charge in [-0.2, -0.15) is 0 Å². The Morgan fingerprint density at radius 1 is 0.652 bits per heavy atom. The van der Waals surface area contributed by atoms with Gasteiger partial charge in [0.05, 0.1) is 28.4 Å². The Hall–Kier alpha value is -4.40. The van der Waals surface area contributed by atoms with Gasteiger partial charge in [0.2, 0.25) is 5.75 Å². The smallest absolute Gasteiger partial charge is 0.204 e. The van der Waals surface area contributed by atoms with E-state index in [9.17, 15) is 0 Å². The van der Waals surface area contributed by atoms with Crippen molar-refractivity contribution in [2.45, 2.75) is 38.8 Å². The molecular weight excluding hydrogens is 580 g/mol. The van der Waals surface area contributed by atoms with E-state index in [0.717, 1.165) is 55.8 Å². The van der Waals surface area contributed by atoms with E-state index in [1.165, 1.54) is 22.3 Å². The predicted molar refractivity (Wildman–Crippen MR) is 180 cm³/mol. The van der Waals surface area contributed by atoms with Crippen molar-refractivity contribution in [1.29, 1.82) is 0 Å². The molecule has 8 heteroatoms. The highest BCUT2D eigenvalue weighted by Gasteiger charge is 2.30. The monoisotopic (exact) mass is 624 g/mol. The average Bonchev–Trinajstić information content (AvgIpc) is 3.06. The summed E-state index contributed by atoms with van der Waals surface area (Å²) in [5.41, 5.74) is 7.18. The van der Waals surface area contributed by atoms with Gasteiger partial charge in [0.1, 0.15) is 5.75 Å². The second kappa shape index (κ2) is 13.5. The largest absolute Gasteiger partial charge is 0.493 e. The summed E-state index contributed by atoms with van der Waals surface area (Å²) in [6.45, 7) is 4.74. The van der Waals surface area contributed by atoms with Crippen molar-refractivity contribution in [3.8, 4) is 46.0 Å². The van der Waals surface area contributed by atoms with Gasteiger partial charge in [0.25, 0.3) is 0 Å². The van der Waals surface area contributed by atoms with Crippen LogP contribution < -0.4 is 28.4 Å². The van der Waals surface area contributed by atoms with Crippen LogP contribution in [-0.4, -0.2) is 65.4 Å². The van der Waals surface area contributed by atoms with Gasteiger partial charge in [-0.15, -0.1) is 0 Å². The van der Waals surface area contributed by atoms with Crippen LogP contribution in [0.25, 0.3) is 0 Å². The molecule has 2 heterocycles. The van der Waals surface area contributed by atoms with Crippen LogP contribution in [0, 0.1) is 6.92 Å². The van der Waals surface area contributed by atoms with Crippen LogP contribution in [0.2, 0.25) is 0 Å².